The summed E-state index contributed by atoms with van der Waals surface area (Å²) in [5, 5.41) is 0.951. The van der Waals surface area contributed by atoms with Gasteiger partial charge in [-0.2, -0.15) is 0 Å². The molecular formula is C23H28Cl2FN5O2. The smallest absolute Gasteiger partial charge is 0.165 e. The van der Waals surface area contributed by atoms with Gasteiger partial charge in [-0.25, -0.2) is 14.8 Å². The van der Waals surface area contributed by atoms with Crippen molar-refractivity contribution >= 4 is 29.0 Å². The molecule has 10 heteroatoms. The van der Waals surface area contributed by atoms with Crippen molar-refractivity contribution in [3.8, 4) is 0 Å². The molecule has 2 saturated heterocycles. The zero-order valence-corrected chi connectivity index (χ0v) is 20.1. The summed E-state index contributed by atoms with van der Waals surface area (Å²) in [6, 6.07) is 1.72. The predicted molar refractivity (Wildman–Crippen MR) is 125 cm³/mol. The van der Waals surface area contributed by atoms with Crippen LogP contribution in [-0.4, -0.2) is 48.4 Å². The molecule has 2 N–H and O–H groups in total. The van der Waals surface area contributed by atoms with Gasteiger partial charge in [-0.05, 0) is 43.7 Å². The van der Waals surface area contributed by atoms with E-state index in [0.717, 1.165) is 43.5 Å². The van der Waals surface area contributed by atoms with E-state index in [-0.39, 0.29) is 42.1 Å². The zero-order valence-electron chi connectivity index (χ0n) is 18.6. The van der Waals surface area contributed by atoms with E-state index >= 15 is 0 Å². The minimum atomic E-state index is -0.331. The molecule has 4 heterocycles. The Morgan fingerprint density at radius 2 is 1.88 bits per heavy atom. The van der Waals surface area contributed by atoms with Gasteiger partial charge in [0.2, 0.25) is 0 Å². The third-order valence-electron chi connectivity index (χ3n) is 7.11. The fraction of sp³-hybridized carbons (Fsp3) is 0.565. The van der Waals surface area contributed by atoms with Crippen molar-refractivity contribution in [2.45, 2.75) is 56.6 Å². The largest absolute Gasteiger partial charge is 0.379 e. The second-order valence-corrected chi connectivity index (χ2v) is 9.84. The number of fused-ring (bicyclic) bond motifs is 1. The number of methoxy groups -OCH3 is 1. The highest BCUT2D eigenvalue weighted by atomic mass is 35.5. The fourth-order valence-corrected chi connectivity index (χ4v) is 5.91. The molecule has 0 amide bonds. The number of anilines is 1. The van der Waals surface area contributed by atoms with Gasteiger partial charge < -0.3 is 14.4 Å². The molecule has 33 heavy (non-hydrogen) atoms. The number of pyridine rings is 2. The van der Waals surface area contributed by atoms with Crippen molar-refractivity contribution in [1.29, 1.82) is 0 Å². The van der Waals surface area contributed by atoms with Crippen molar-refractivity contribution in [2.24, 2.45) is 5.92 Å². The molecule has 5 unspecified atom stereocenters. The van der Waals surface area contributed by atoms with Gasteiger partial charge in [0.05, 0.1) is 34.4 Å². The zero-order chi connectivity index (χ0) is 23.1. The van der Waals surface area contributed by atoms with Crippen LogP contribution in [0, 0.1) is 11.7 Å². The molecule has 0 spiro atoms. The van der Waals surface area contributed by atoms with Crippen LogP contribution < -0.4 is 15.8 Å². The average Bonchev–Trinajstić information content (AvgIpc) is 3.16. The second kappa shape index (κ2) is 9.60. The van der Waals surface area contributed by atoms with Gasteiger partial charge >= 0.3 is 0 Å². The first-order valence-electron chi connectivity index (χ1n) is 11.3. The molecule has 7 nitrogen and oxygen atoms in total. The number of nitrogens with one attached hydrogen (secondary N) is 2. The molecule has 0 bridgehead atoms. The summed E-state index contributed by atoms with van der Waals surface area (Å²) >= 11 is 12.7. The number of hydrogen-bond donors (Lipinski definition) is 2. The minimum Gasteiger partial charge on any atom is -0.379 e. The first-order valence-corrected chi connectivity index (χ1v) is 12.1. The Bertz CT molecular complexity index is 991. The maximum absolute atomic E-state index is 14.8. The molecule has 3 fully saturated rings. The van der Waals surface area contributed by atoms with Gasteiger partial charge in [0.25, 0.3) is 0 Å². The van der Waals surface area contributed by atoms with Crippen molar-refractivity contribution in [1.82, 2.24) is 20.8 Å². The Kier molecular flexibility index (Phi) is 6.75. The van der Waals surface area contributed by atoms with Crippen LogP contribution >= 0.6 is 23.2 Å². The summed E-state index contributed by atoms with van der Waals surface area (Å²) in [5.41, 5.74) is 8.29. The third-order valence-corrected chi connectivity index (χ3v) is 7.71. The van der Waals surface area contributed by atoms with Crippen LogP contribution in [0.3, 0.4) is 0 Å². The van der Waals surface area contributed by atoms with Crippen LogP contribution in [0.4, 0.5) is 10.2 Å². The normalized spacial score (nSPS) is 30.1. The van der Waals surface area contributed by atoms with Gasteiger partial charge in [-0.15, -0.1) is 0 Å². The standard InChI is InChI=1S/C23H28Cl2FN5O2/c1-12(21-15(24)10-27-11-16(21)25)33-20-7-14-18(8-19(20)32-2)29-30-22(14)13-6-17(26)23(28-9-13)31-4-3-5-31/h6,9-12,14,18-20,22,29-30H,3-5,7-8H2,1-2H3/t12-,14?,18?,19?,20?,22?/m1/s1. The summed E-state index contributed by atoms with van der Waals surface area (Å²) in [5.74, 6) is 0.358. The first-order chi connectivity index (χ1) is 16.0. The molecule has 2 aromatic heterocycles. The van der Waals surface area contributed by atoms with Gasteiger partial charge in [0.15, 0.2) is 11.6 Å². The number of ether oxygens (including phenoxy) is 2. The molecule has 5 rings (SSSR count). The van der Waals surface area contributed by atoms with Gasteiger partial charge in [0.1, 0.15) is 0 Å². The lowest BCUT2D eigenvalue weighted by atomic mass is 9.77. The Balaban J connectivity index is 1.34. The number of hydrazine groups is 1. The van der Waals surface area contributed by atoms with E-state index in [9.17, 15) is 4.39 Å². The van der Waals surface area contributed by atoms with E-state index in [1.807, 2.05) is 11.8 Å². The van der Waals surface area contributed by atoms with Gasteiger partial charge in [0, 0.05) is 50.4 Å². The molecule has 2 aromatic rings. The summed E-state index contributed by atoms with van der Waals surface area (Å²) in [6.07, 6.45) is 6.91. The van der Waals surface area contributed by atoms with Gasteiger partial charge in [-0.1, -0.05) is 23.2 Å². The number of halogens is 3. The van der Waals surface area contributed by atoms with Crippen molar-refractivity contribution in [3.05, 3.63) is 51.6 Å². The lowest BCUT2D eigenvalue weighted by Crippen LogP contribution is -2.47. The first kappa shape index (κ1) is 23.2. The maximum Gasteiger partial charge on any atom is 0.165 e. The van der Waals surface area contributed by atoms with Crippen LogP contribution in [0.2, 0.25) is 10.0 Å². The van der Waals surface area contributed by atoms with E-state index in [1.165, 1.54) is 0 Å². The monoisotopic (exact) mass is 495 g/mol. The summed E-state index contributed by atoms with van der Waals surface area (Å²) in [4.78, 5) is 10.4. The highest BCUT2D eigenvalue weighted by molar-refractivity contribution is 6.35. The Hall–Kier alpha value is -1.55. The van der Waals surface area contributed by atoms with E-state index < -0.39 is 0 Å². The Morgan fingerprint density at radius 3 is 2.52 bits per heavy atom. The number of rotatable bonds is 6. The average molecular weight is 496 g/mol. The second-order valence-electron chi connectivity index (χ2n) is 9.03. The summed E-state index contributed by atoms with van der Waals surface area (Å²) in [7, 11) is 1.70. The number of aromatic nitrogens is 2. The lowest BCUT2D eigenvalue weighted by molar-refractivity contribution is -0.117. The van der Waals surface area contributed by atoms with Crippen molar-refractivity contribution in [3.63, 3.8) is 0 Å². The highest BCUT2D eigenvalue weighted by Gasteiger charge is 2.46. The van der Waals surface area contributed by atoms with Crippen LogP contribution in [0.1, 0.15) is 49.5 Å². The Labute approximate surface area is 202 Å². The maximum atomic E-state index is 14.8. The van der Waals surface area contributed by atoms with Crippen LogP contribution in [0.25, 0.3) is 0 Å². The fourth-order valence-electron chi connectivity index (χ4n) is 5.24. The minimum absolute atomic E-state index is 0.0743. The SMILES string of the molecule is COC1CC2NNC(c3cnc(N4CCC4)c(F)c3)C2CC1O[C@H](C)c1c(Cl)cncc1Cl. The molecule has 3 aliphatic rings. The molecule has 1 saturated carbocycles. The van der Waals surface area contributed by atoms with E-state index in [2.05, 4.69) is 20.8 Å². The Morgan fingerprint density at radius 1 is 1.12 bits per heavy atom. The van der Waals surface area contributed by atoms with E-state index in [4.69, 9.17) is 32.7 Å². The summed E-state index contributed by atoms with van der Waals surface area (Å²) in [6.45, 7) is 3.65. The quantitative estimate of drug-likeness (QED) is 0.621. The van der Waals surface area contributed by atoms with Crippen LogP contribution in [-0.2, 0) is 9.47 Å². The molecule has 0 aromatic carbocycles. The molecule has 6 atom stereocenters. The third kappa shape index (κ3) is 4.45. The molecule has 2 aliphatic heterocycles. The lowest BCUT2D eigenvalue weighted by Gasteiger charge is -2.39. The van der Waals surface area contributed by atoms with Crippen molar-refractivity contribution in [2.75, 3.05) is 25.1 Å². The summed E-state index contributed by atoms with van der Waals surface area (Å²) < 4.78 is 27.0. The topological polar surface area (TPSA) is 71.5 Å². The van der Waals surface area contributed by atoms with Crippen molar-refractivity contribution < 1.29 is 13.9 Å². The molecule has 0 radical (unpaired) electrons. The highest BCUT2D eigenvalue weighted by Crippen LogP contribution is 2.42. The number of hydrogen-bond acceptors (Lipinski definition) is 7. The number of nitrogens with zero attached hydrogens (tertiary/aromatic N) is 3. The molecule has 1 aliphatic carbocycles. The predicted octanol–water partition coefficient (Wildman–Crippen LogP) is 4.22. The van der Waals surface area contributed by atoms with E-state index in [1.54, 1.807) is 31.8 Å². The van der Waals surface area contributed by atoms with Crippen LogP contribution in [0.5, 0.6) is 0 Å². The van der Waals surface area contributed by atoms with Gasteiger partial charge in [-0.3, -0.25) is 10.4 Å². The molecular weight excluding hydrogens is 468 g/mol. The molecule has 178 valence electrons. The van der Waals surface area contributed by atoms with Crippen LogP contribution in [0.15, 0.2) is 24.7 Å². The van der Waals surface area contributed by atoms with E-state index in [0.29, 0.717) is 15.9 Å².